The first-order chi connectivity index (χ1) is 11.0. The molecule has 0 fully saturated rings. The van der Waals surface area contributed by atoms with Gasteiger partial charge in [-0.3, -0.25) is 0 Å². The zero-order valence-electron chi connectivity index (χ0n) is 15.6. The average molecular weight is 327 g/mol. The Balaban J connectivity index is 2.60. The van der Waals surface area contributed by atoms with Crippen molar-refractivity contribution in [3.63, 3.8) is 0 Å². The fraction of sp³-hybridized carbons (Fsp3) is 0.429. The smallest absolute Gasteiger partial charge is 0.142 e. The third-order valence-corrected chi connectivity index (χ3v) is 4.24. The Hall–Kier alpha value is -2.00. The van der Waals surface area contributed by atoms with Gasteiger partial charge in [0, 0.05) is 16.8 Å². The first-order valence-corrected chi connectivity index (χ1v) is 8.38. The molecule has 0 aliphatic heterocycles. The SMILES string of the molecule is CC(C)(C)c1cc(Nc2ccccc2CO)c(O)c(C(C)(C)C)c1. The largest absolute Gasteiger partial charge is 0.505 e. The normalized spacial score (nSPS) is 12.3. The minimum absolute atomic E-state index is 0.0272. The van der Waals surface area contributed by atoms with Gasteiger partial charge in [-0.25, -0.2) is 0 Å². The first kappa shape index (κ1) is 18.3. The standard InChI is InChI=1S/C21H29NO2/c1-20(2,3)15-11-16(21(4,5)6)19(24)18(12-15)22-17-10-8-7-9-14(17)13-23/h7-12,22-24H,13H2,1-6H3. The van der Waals surface area contributed by atoms with E-state index in [1.807, 2.05) is 30.3 Å². The third-order valence-electron chi connectivity index (χ3n) is 4.24. The van der Waals surface area contributed by atoms with E-state index >= 15 is 0 Å². The monoisotopic (exact) mass is 327 g/mol. The highest BCUT2D eigenvalue weighted by Crippen LogP contribution is 2.41. The molecular weight excluding hydrogens is 298 g/mol. The predicted octanol–water partition coefficient (Wildman–Crippen LogP) is 5.22. The van der Waals surface area contributed by atoms with Crippen molar-refractivity contribution in [3.8, 4) is 5.75 Å². The van der Waals surface area contributed by atoms with E-state index in [-0.39, 0.29) is 23.2 Å². The van der Waals surface area contributed by atoms with Crippen LogP contribution in [0.2, 0.25) is 0 Å². The maximum absolute atomic E-state index is 10.8. The number of phenols is 1. The number of benzene rings is 2. The van der Waals surface area contributed by atoms with Crippen LogP contribution >= 0.6 is 0 Å². The van der Waals surface area contributed by atoms with Crippen LogP contribution < -0.4 is 5.32 Å². The molecule has 0 saturated carbocycles. The Morgan fingerprint density at radius 3 is 2.04 bits per heavy atom. The van der Waals surface area contributed by atoms with Gasteiger partial charge in [-0.15, -0.1) is 0 Å². The minimum Gasteiger partial charge on any atom is -0.505 e. The van der Waals surface area contributed by atoms with E-state index in [1.165, 1.54) is 0 Å². The summed E-state index contributed by atoms with van der Waals surface area (Å²) in [5.74, 6) is 0.267. The van der Waals surface area contributed by atoms with Crippen molar-refractivity contribution in [1.29, 1.82) is 0 Å². The second kappa shape index (κ2) is 6.48. The van der Waals surface area contributed by atoms with Gasteiger partial charge in [0.2, 0.25) is 0 Å². The second-order valence-corrected chi connectivity index (χ2v) is 8.36. The molecule has 0 amide bonds. The van der Waals surface area contributed by atoms with E-state index in [4.69, 9.17) is 0 Å². The van der Waals surface area contributed by atoms with Gasteiger partial charge in [0.05, 0.1) is 12.3 Å². The van der Waals surface area contributed by atoms with Gasteiger partial charge in [0.15, 0.2) is 0 Å². The van der Waals surface area contributed by atoms with Gasteiger partial charge in [-0.2, -0.15) is 0 Å². The van der Waals surface area contributed by atoms with E-state index < -0.39 is 0 Å². The van der Waals surface area contributed by atoms with Gasteiger partial charge >= 0.3 is 0 Å². The van der Waals surface area contributed by atoms with Crippen molar-refractivity contribution >= 4 is 11.4 Å². The number of aliphatic hydroxyl groups is 1. The summed E-state index contributed by atoms with van der Waals surface area (Å²) in [4.78, 5) is 0. The van der Waals surface area contributed by atoms with E-state index in [1.54, 1.807) is 0 Å². The lowest BCUT2D eigenvalue weighted by Crippen LogP contribution is -2.17. The lowest BCUT2D eigenvalue weighted by Gasteiger charge is -2.28. The number of phenolic OH excluding ortho intramolecular Hbond substituents is 1. The number of anilines is 2. The number of hydrogen-bond donors (Lipinski definition) is 3. The summed E-state index contributed by atoms with van der Waals surface area (Å²) in [6.45, 7) is 12.7. The van der Waals surface area contributed by atoms with Crippen molar-refractivity contribution < 1.29 is 10.2 Å². The van der Waals surface area contributed by atoms with E-state index in [0.717, 1.165) is 22.4 Å². The molecule has 3 N–H and O–H groups in total. The molecule has 3 heteroatoms. The van der Waals surface area contributed by atoms with Crippen LogP contribution in [0.3, 0.4) is 0 Å². The number of para-hydroxylation sites is 1. The lowest BCUT2D eigenvalue weighted by molar-refractivity contribution is 0.282. The molecule has 130 valence electrons. The Morgan fingerprint density at radius 1 is 0.875 bits per heavy atom. The third kappa shape index (κ3) is 3.90. The van der Waals surface area contributed by atoms with Gasteiger partial charge in [-0.1, -0.05) is 65.8 Å². The van der Waals surface area contributed by atoms with Gasteiger partial charge in [0.25, 0.3) is 0 Å². The van der Waals surface area contributed by atoms with Gasteiger partial charge in [0.1, 0.15) is 5.75 Å². The summed E-state index contributed by atoms with van der Waals surface area (Å²) < 4.78 is 0. The molecule has 2 aromatic rings. The molecule has 0 unspecified atom stereocenters. The molecule has 0 radical (unpaired) electrons. The summed E-state index contributed by atoms with van der Waals surface area (Å²) in [5, 5.41) is 23.7. The molecule has 2 rings (SSSR count). The summed E-state index contributed by atoms with van der Waals surface area (Å²) in [6, 6.07) is 11.7. The second-order valence-electron chi connectivity index (χ2n) is 8.36. The fourth-order valence-electron chi connectivity index (χ4n) is 2.66. The van der Waals surface area contributed by atoms with Crippen LogP contribution in [0.4, 0.5) is 11.4 Å². The molecule has 2 aromatic carbocycles. The minimum atomic E-state index is -0.168. The molecule has 0 atom stereocenters. The molecule has 0 heterocycles. The zero-order chi connectivity index (χ0) is 18.1. The number of aromatic hydroxyl groups is 1. The summed E-state index contributed by atoms with van der Waals surface area (Å²) in [7, 11) is 0. The quantitative estimate of drug-likeness (QED) is 0.677. The molecule has 0 spiro atoms. The van der Waals surface area contributed by atoms with Crippen molar-refractivity contribution in [1.82, 2.24) is 0 Å². The highest BCUT2D eigenvalue weighted by atomic mass is 16.3. The Labute approximate surface area is 145 Å². The molecule has 0 aliphatic carbocycles. The average Bonchev–Trinajstić information content (AvgIpc) is 2.47. The summed E-state index contributed by atoms with van der Waals surface area (Å²) >= 11 is 0. The maximum atomic E-state index is 10.8. The maximum Gasteiger partial charge on any atom is 0.142 e. The topological polar surface area (TPSA) is 52.5 Å². The Morgan fingerprint density at radius 2 is 1.50 bits per heavy atom. The number of rotatable bonds is 3. The van der Waals surface area contributed by atoms with Crippen molar-refractivity contribution in [2.45, 2.75) is 59.0 Å². The molecule has 0 bridgehead atoms. The van der Waals surface area contributed by atoms with Crippen molar-refractivity contribution in [2.24, 2.45) is 0 Å². The molecule has 0 aliphatic rings. The highest BCUT2D eigenvalue weighted by molar-refractivity contribution is 5.71. The van der Waals surface area contributed by atoms with Crippen LogP contribution in [-0.4, -0.2) is 10.2 Å². The number of aliphatic hydroxyl groups excluding tert-OH is 1. The van der Waals surface area contributed by atoms with E-state index in [0.29, 0.717) is 5.69 Å². The van der Waals surface area contributed by atoms with Gasteiger partial charge in [-0.05, 0) is 28.5 Å². The molecular formula is C21H29NO2. The highest BCUT2D eigenvalue weighted by Gasteiger charge is 2.25. The van der Waals surface area contributed by atoms with Crippen LogP contribution in [0.15, 0.2) is 36.4 Å². The zero-order valence-corrected chi connectivity index (χ0v) is 15.6. The Kier molecular flexibility index (Phi) is 4.95. The van der Waals surface area contributed by atoms with Crippen LogP contribution in [-0.2, 0) is 17.4 Å². The van der Waals surface area contributed by atoms with E-state index in [9.17, 15) is 10.2 Å². The van der Waals surface area contributed by atoms with Crippen molar-refractivity contribution in [2.75, 3.05) is 5.32 Å². The lowest BCUT2D eigenvalue weighted by atomic mass is 9.79. The molecule has 3 nitrogen and oxygen atoms in total. The summed E-state index contributed by atoms with van der Waals surface area (Å²) in [5.41, 5.74) is 4.16. The van der Waals surface area contributed by atoms with Crippen LogP contribution in [0, 0.1) is 0 Å². The van der Waals surface area contributed by atoms with Crippen LogP contribution in [0.5, 0.6) is 5.75 Å². The van der Waals surface area contributed by atoms with Crippen LogP contribution in [0.25, 0.3) is 0 Å². The number of nitrogens with one attached hydrogen (secondary N) is 1. The molecule has 24 heavy (non-hydrogen) atoms. The summed E-state index contributed by atoms with van der Waals surface area (Å²) in [6.07, 6.45) is 0. The van der Waals surface area contributed by atoms with Crippen LogP contribution in [0.1, 0.15) is 58.2 Å². The van der Waals surface area contributed by atoms with E-state index in [2.05, 4.69) is 52.9 Å². The number of hydrogen-bond acceptors (Lipinski definition) is 3. The predicted molar refractivity (Wildman–Crippen MR) is 101 cm³/mol. The fourth-order valence-corrected chi connectivity index (χ4v) is 2.66. The van der Waals surface area contributed by atoms with Crippen molar-refractivity contribution in [3.05, 3.63) is 53.1 Å². The molecule has 0 aromatic heterocycles. The Bertz CT molecular complexity index is 722. The first-order valence-electron chi connectivity index (χ1n) is 8.38. The molecule has 0 saturated heterocycles. The van der Waals surface area contributed by atoms with Gasteiger partial charge < -0.3 is 15.5 Å².